The number of fused-ring (bicyclic) bond motifs is 1. The highest BCUT2D eigenvalue weighted by molar-refractivity contribution is 7.89. The predicted molar refractivity (Wildman–Crippen MR) is 130 cm³/mol. The summed E-state index contributed by atoms with van der Waals surface area (Å²) in [5.74, 6) is -0.318. The topological polar surface area (TPSA) is 111 Å². The van der Waals surface area contributed by atoms with E-state index in [2.05, 4.69) is 17.2 Å². The van der Waals surface area contributed by atoms with Crippen molar-refractivity contribution in [2.24, 2.45) is 7.05 Å². The molecule has 1 N–H and O–H groups in total. The summed E-state index contributed by atoms with van der Waals surface area (Å²) in [5, 5.41) is 2.74. The molecule has 3 aromatic rings. The molecular formula is C24H30N4O5S. The second kappa shape index (κ2) is 10.4. The molecular weight excluding hydrogens is 456 g/mol. The number of imidazole rings is 1. The lowest BCUT2D eigenvalue weighted by Gasteiger charge is -2.13. The van der Waals surface area contributed by atoms with Crippen LogP contribution in [0.3, 0.4) is 0 Å². The van der Waals surface area contributed by atoms with Crippen LogP contribution in [-0.2, 0) is 44.2 Å². The van der Waals surface area contributed by atoms with Gasteiger partial charge in [0.05, 0.1) is 22.3 Å². The number of nitrogens with one attached hydrogen (secondary N) is 1. The highest BCUT2D eigenvalue weighted by Crippen LogP contribution is 2.22. The van der Waals surface area contributed by atoms with Crippen molar-refractivity contribution in [1.29, 1.82) is 0 Å². The summed E-state index contributed by atoms with van der Waals surface area (Å²) < 4.78 is 33.0. The van der Waals surface area contributed by atoms with Crippen molar-refractivity contribution < 1.29 is 22.7 Å². The fourth-order valence-electron chi connectivity index (χ4n) is 3.42. The Kier molecular flexibility index (Phi) is 7.73. The molecule has 0 spiro atoms. The van der Waals surface area contributed by atoms with Crippen LogP contribution in [-0.4, -0.2) is 54.3 Å². The van der Waals surface area contributed by atoms with Crippen LogP contribution in [0, 0.1) is 0 Å². The number of hydrogen-bond donors (Lipinski definition) is 1. The minimum absolute atomic E-state index is 0.0306. The average Bonchev–Trinajstić information content (AvgIpc) is 3.12. The van der Waals surface area contributed by atoms with Gasteiger partial charge < -0.3 is 14.6 Å². The number of hydrogen-bond acceptors (Lipinski definition) is 6. The smallest absolute Gasteiger partial charge is 0.307 e. The van der Waals surface area contributed by atoms with E-state index in [1.807, 2.05) is 28.8 Å². The minimum atomic E-state index is -3.57. The Balaban J connectivity index is 1.60. The van der Waals surface area contributed by atoms with Crippen LogP contribution in [0.4, 0.5) is 5.69 Å². The van der Waals surface area contributed by atoms with Gasteiger partial charge in [-0.15, -0.1) is 0 Å². The van der Waals surface area contributed by atoms with Gasteiger partial charge in [0.1, 0.15) is 5.82 Å². The van der Waals surface area contributed by atoms with Crippen LogP contribution in [0.1, 0.15) is 31.7 Å². The number of aromatic nitrogens is 2. The Morgan fingerprint density at radius 1 is 1.15 bits per heavy atom. The number of sulfonamides is 1. The molecule has 0 fully saturated rings. The summed E-state index contributed by atoms with van der Waals surface area (Å²) in [7, 11) is 1.17. The number of esters is 1. The van der Waals surface area contributed by atoms with Gasteiger partial charge in [0.2, 0.25) is 10.0 Å². The molecule has 0 radical (unpaired) electrons. The van der Waals surface area contributed by atoms with E-state index in [1.165, 1.54) is 33.2 Å². The number of carbonyl (C=O) groups is 2. The minimum Gasteiger partial charge on any atom is -0.453 e. The third-order valence-corrected chi connectivity index (χ3v) is 7.39. The van der Waals surface area contributed by atoms with Gasteiger partial charge >= 0.3 is 5.97 Å². The summed E-state index contributed by atoms with van der Waals surface area (Å²) >= 11 is 0. The van der Waals surface area contributed by atoms with Crippen LogP contribution in [0.25, 0.3) is 11.0 Å². The standard InChI is InChI=1S/C24H30N4O5S/c1-6-17-7-9-18(10-8-17)25-24(30)16(2)33-23(29)14-13-22-26-20-15-19(34(31,32)27(3)4)11-12-21(20)28(22)5/h7-12,15-16H,6,13-14H2,1-5H3,(H,25,30). The van der Waals surface area contributed by atoms with E-state index in [9.17, 15) is 18.0 Å². The van der Waals surface area contributed by atoms with Crippen molar-refractivity contribution in [2.45, 2.75) is 44.1 Å². The monoisotopic (exact) mass is 486 g/mol. The molecule has 1 heterocycles. The number of aryl methyl sites for hydroxylation is 3. The van der Waals surface area contributed by atoms with Crippen molar-refractivity contribution in [3.8, 4) is 0 Å². The van der Waals surface area contributed by atoms with E-state index in [4.69, 9.17) is 4.74 Å². The maximum absolute atomic E-state index is 12.4. The third kappa shape index (κ3) is 5.63. The van der Waals surface area contributed by atoms with Gasteiger partial charge in [-0.3, -0.25) is 9.59 Å². The highest BCUT2D eigenvalue weighted by atomic mass is 32.2. The molecule has 0 aliphatic heterocycles. The molecule has 0 aliphatic carbocycles. The molecule has 1 aromatic heterocycles. The summed E-state index contributed by atoms with van der Waals surface area (Å²) in [4.78, 5) is 29.3. The third-order valence-electron chi connectivity index (χ3n) is 5.58. The number of ether oxygens (including phenoxy) is 1. The molecule has 182 valence electrons. The summed E-state index contributed by atoms with van der Waals surface area (Å²) in [6.07, 6.45) is 0.275. The van der Waals surface area contributed by atoms with Crippen molar-refractivity contribution in [3.63, 3.8) is 0 Å². The first kappa shape index (κ1) is 25.4. The zero-order chi connectivity index (χ0) is 25.0. The second-order valence-electron chi connectivity index (χ2n) is 8.20. The fourth-order valence-corrected chi connectivity index (χ4v) is 4.34. The largest absolute Gasteiger partial charge is 0.453 e. The number of rotatable bonds is 9. The molecule has 1 unspecified atom stereocenters. The Morgan fingerprint density at radius 3 is 2.44 bits per heavy atom. The van der Waals surface area contributed by atoms with Crippen molar-refractivity contribution in [1.82, 2.24) is 13.9 Å². The van der Waals surface area contributed by atoms with Crippen LogP contribution in [0.15, 0.2) is 47.4 Å². The lowest BCUT2D eigenvalue weighted by molar-refractivity contribution is -0.153. The van der Waals surface area contributed by atoms with Gasteiger partial charge in [-0.05, 0) is 49.2 Å². The maximum atomic E-state index is 12.4. The van der Waals surface area contributed by atoms with Crippen LogP contribution in [0.5, 0.6) is 0 Å². The molecule has 0 saturated carbocycles. The lowest BCUT2D eigenvalue weighted by atomic mass is 10.1. The molecule has 0 saturated heterocycles. The molecule has 34 heavy (non-hydrogen) atoms. The molecule has 2 aromatic carbocycles. The molecule has 3 rings (SSSR count). The Labute approximate surface area is 199 Å². The van der Waals surface area contributed by atoms with Gasteiger partial charge in [0.25, 0.3) is 5.91 Å². The van der Waals surface area contributed by atoms with Crippen molar-refractivity contribution in [3.05, 3.63) is 53.9 Å². The number of nitrogens with zero attached hydrogens (tertiary/aromatic N) is 3. The zero-order valence-corrected chi connectivity index (χ0v) is 20.8. The quantitative estimate of drug-likeness (QED) is 0.466. The molecule has 0 aliphatic rings. The average molecular weight is 487 g/mol. The Hall–Kier alpha value is -3.24. The molecule has 1 atom stereocenters. The van der Waals surface area contributed by atoms with Gasteiger partial charge in [-0.2, -0.15) is 0 Å². The van der Waals surface area contributed by atoms with Crippen LogP contribution in [0.2, 0.25) is 0 Å². The van der Waals surface area contributed by atoms with E-state index in [1.54, 1.807) is 13.1 Å². The van der Waals surface area contributed by atoms with Gasteiger partial charge in [0.15, 0.2) is 6.10 Å². The predicted octanol–water partition coefficient (Wildman–Crippen LogP) is 2.89. The first-order valence-corrected chi connectivity index (χ1v) is 12.4. The molecule has 0 bridgehead atoms. The molecule has 10 heteroatoms. The SMILES string of the molecule is CCc1ccc(NC(=O)C(C)OC(=O)CCc2nc3cc(S(=O)(=O)N(C)C)ccc3n2C)cc1. The molecule has 9 nitrogen and oxygen atoms in total. The maximum Gasteiger partial charge on any atom is 0.307 e. The molecule has 1 amide bonds. The van der Waals surface area contributed by atoms with E-state index >= 15 is 0 Å². The summed E-state index contributed by atoms with van der Waals surface area (Å²) in [6.45, 7) is 3.57. The Bertz CT molecular complexity index is 1300. The summed E-state index contributed by atoms with van der Waals surface area (Å²) in [6, 6.07) is 12.2. The lowest BCUT2D eigenvalue weighted by Crippen LogP contribution is -2.30. The van der Waals surface area contributed by atoms with Gasteiger partial charge in [-0.25, -0.2) is 17.7 Å². The van der Waals surface area contributed by atoms with Crippen molar-refractivity contribution >= 4 is 38.6 Å². The second-order valence-corrected chi connectivity index (χ2v) is 10.3. The van der Waals surface area contributed by atoms with Crippen LogP contribution < -0.4 is 5.32 Å². The number of anilines is 1. The van der Waals surface area contributed by atoms with Gasteiger partial charge in [0, 0.05) is 33.3 Å². The van der Waals surface area contributed by atoms with E-state index in [0.29, 0.717) is 17.0 Å². The van der Waals surface area contributed by atoms with E-state index in [0.717, 1.165) is 21.8 Å². The zero-order valence-electron chi connectivity index (χ0n) is 20.0. The number of carbonyl (C=O) groups excluding carboxylic acids is 2. The van der Waals surface area contributed by atoms with Gasteiger partial charge in [-0.1, -0.05) is 19.1 Å². The fraction of sp³-hybridized carbons (Fsp3) is 0.375. The highest BCUT2D eigenvalue weighted by Gasteiger charge is 2.21. The van der Waals surface area contributed by atoms with Crippen LogP contribution >= 0.6 is 0 Å². The first-order chi connectivity index (χ1) is 16.0. The number of amides is 1. The van der Waals surface area contributed by atoms with E-state index in [-0.39, 0.29) is 17.7 Å². The normalized spacial score (nSPS) is 12.6. The van der Waals surface area contributed by atoms with Crippen molar-refractivity contribution in [2.75, 3.05) is 19.4 Å². The first-order valence-electron chi connectivity index (χ1n) is 11.0. The Morgan fingerprint density at radius 2 is 1.82 bits per heavy atom. The number of benzene rings is 2. The van der Waals surface area contributed by atoms with E-state index < -0.39 is 28.0 Å². The summed E-state index contributed by atoms with van der Waals surface area (Å²) in [5.41, 5.74) is 3.08.